The largest absolute Gasteiger partial charge is 0.490 e. The first-order valence-electron chi connectivity index (χ1n) is 17.6. The molecule has 0 unspecified atom stereocenters. The number of hydrogen-bond donors (Lipinski definition) is 2. The van der Waals surface area contributed by atoms with Gasteiger partial charge in [-0.2, -0.15) is 0 Å². The summed E-state index contributed by atoms with van der Waals surface area (Å²) in [6, 6.07) is 5.12. The van der Waals surface area contributed by atoms with Gasteiger partial charge in [0.25, 0.3) is 0 Å². The van der Waals surface area contributed by atoms with E-state index < -0.39 is 29.3 Å². The van der Waals surface area contributed by atoms with Crippen molar-refractivity contribution in [2.45, 2.75) is 89.1 Å². The molecule has 12 heteroatoms. The highest BCUT2D eigenvalue weighted by Gasteiger charge is 2.65. The van der Waals surface area contributed by atoms with Crippen molar-refractivity contribution >= 4 is 11.7 Å². The van der Waals surface area contributed by atoms with Crippen LogP contribution in [0.5, 0.6) is 11.5 Å². The number of ether oxygens (including phenoxy) is 4. The molecule has 2 aliphatic carbocycles. The second kappa shape index (κ2) is 16.3. The third-order valence-corrected chi connectivity index (χ3v) is 9.71. The molecule has 3 aliphatic rings. The first kappa shape index (κ1) is 37.3. The lowest BCUT2D eigenvalue weighted by atomic mass is 9.55. The standard InChI is InChI=1S/C38H52N4O8/c1-7-19-47-26-15-16-32-29(22-26)34-27(14-10-12-18-44)25(13-9-11-17-43)21-28-30(40-50-37(3,4)5)23-33(38(49-32,35(28)34)48-20-8-2)42-31(24-39-41-42)36(45)46-6/h7-8,15-16,21-22,24-25,27,33-35,43-44H,1-2,9-14,17-20,23H2,3-6H3/t25-,27+,33-,34+,35+,38+/m0/s1. The van der Waals surface area contributed by atoms with Crippen LogP contribution in [-0.4, -0.2) is 81.8 Å². The molecule has 50 heavy (non-hydrogen) atoms. The molecule has 2 heterocycles. The number of aromatic nitrogens is 3. The molecular formula is C38H52N4O8. The van der Waals surface area contributed by atoms with E-state index in [4.69, 9.17) is 28.9 Å². The van der Waals surface area contributed by atoms with E-state index >= 15 is 0 Å². The molecular weight excluding hydrogens is 640 g/mol. The number of benzene rings is 1. The number of carbonyl (C=O) groups is 1. The lowest BCUT2D eigenvalue weighted by molar-refractivity contribution is -0.252. The van der Waals surface area contributed by atoms with Crippen LogP contribution in [0.2, 0.25) is 0 Å². The van der Waals surface area contributed by atoms with Crippen LogP contribution in [0, 0.1) is 17.8 Å². The molecule has 1 fully saturated rings. The van der Waals surface area contributed by atoms with Gasteiger partial charge in [0.15, 0.2) is 5.69 Å². The number of rotatable bonds is 17. The fourth-order valence-electron chi connectivity index (χ4n) is 7.74. The Morgan fingerprint density at radius 3 is 2.54 bits per heavy atom. The third kappa shape index (κ3) is 7.67. The summed E-state index contributed by atoms with van der Waals surface area (Å²) in [5.41, 5.74) is 2.21. The number of aliphatic hydroxyl groups is 2. The number of oxime groups is 1. The van der Waals surface area contributed by atoms with Gasteiger partial charge >= 0.3 is 5.97 Å². The van der Waals surface area contributed by atoms with Crippen molar-refractivity contribution < 1.29 is 38.8 Å². The summed E-state index contributed by atoms with van der Waals surface area (Å²) < 4.78 is 26.7. The Hall–Kier alpha value is -4.00. The van der Waals surface area contributed by atoms with E-state index in [1.54, 1.807) is 12.2 Å². The zero-order chi connectivity index (χ0) is 35.9. The highest BCUT2D eigenvalue weighted by Crippen LogP contribution is 2.63. The molecule has 5 rings (SSSR count). The molecule has 1 aromatic carbocycles. The molecule has 0 bridgehead atoms. The summed E-state index contributed by atoms with van der Waals surface area (Å²) in [6.45, 7) is 14.3. The summed E-state index contributed by atoms with van der Waals surface area (Å²) in [5.74, 6) is -1.04. The van der Waals surface area contributed by atoms with Crippen molar-refractivity contribution in [2.24, 2.45) is 22.9 Å². The Morgan fingerprint density at radius 2 is 1.86 bits per heavy atom. The number of allylic oxidation sites excluding steroid dienone is 1. The van der Waals surface area contributed by atoms with Gasteiger partial charge in [-0.1, -0.05) is 48.0 Å². The summed E-state index contributed by atoms with van der Waals surface area (Å²) in [6.07, 6.45) is 12.1. The van der Waals surface area contributed by atoms with E-state index in [2.05, 4.69) is 35.6 Å². The van der Waals surface area contributed by atoms with Crippen molar-refractivity contribution in [1.82, 2.24) is 15.0 Å². The molecule has 0 radical (unpaired) electrons. The molecule has 2 aromatic rings. The van der Waals surface area contributed by atoms with E-state index in [1.807, 2.05) is 32.9 Å². The Kier molecular flexibility index (Phi) is 12.2. The van der Waals surface area contributed by atoms with Crippen LogP contribution in [-0.2, 0) is 14.3 Å². The highest BCUT2D eigenvalue weighted by atomic mass is 16.7. The van der Waals surface area contributed by atoms with Crippen molar-refractivity contribution in [3.8, 4) is 11.5 Å². The first-order chi connectivity index (χ1) is 24.1. The SMILES string of the molecule is C=CCOc1ccc2c(c1)[C@H]1[C@H](CCCCO)[C@@H](CCCCO)C=C3C(=NOC(C)(C)C)C[C@H](n4nncc4C(=O)OC)[C@@](OCC=C)(O2)[C@H]31. The number of carbonyl (C=O) groups excluding carboxylic acids is 1. The number of hydrogen-bond acceptors (Lipinski definition) is 11. The van der Waals surface area contributed by atoms with Crippen LogP contribution >= 0.6 is 0 Å². The Morgan fingerprint density at radius 1 is 1.12 bits per heavy atom. The summed E-state index contributed by atoms with van der Waals surface area (Å²) in [7, 11) is 1.32. The summed E-state index contributed by atoms with van der Waals surface area (Å²) in [5, 5.41) is 32.9. The monoisotopic (exact) mass is 692 g/mol. The van der Waals surface area contributed by atoms with Gasteiger partial charge in [0.1, 0.15) is 29.7 Å². The number of fused-ring (bicyclic) bond motifs is 2. The number of methoxy groups -OCH3 is 1. The van der Waals surface area contributed by atoms with Gasteiger partial charge < -0.3 is 34.0 Å². The third-order valence-electron chi connectivity index (χ3n) is 9.71. The smallest absolute Gasteiger partial charge is 0.358 e. The van der Waals surface area contributed by atoms with Gasteiger partial charge in [0, 0.05) is 31.1 Å². The van der Waals surface area contributed by atoms with Crippen LogP contribution in [0.1, 0.15) is 93.7 Å². The molecule has 2 N–H and O–H groups in total. The minimum absolute atomic E-state index is 0.0948. The average molecular weight is 693 g/mol. The lowest BCUT2D eigenvalue weighted by Crippen LogP contribution is -2.63. The van der Waals surface area contributed by atoms with Gasteiger partial charge in [0.2, 0.25) is 5.79 Å². The van der Waals surface area contributed by atoms with Crippen molar-refractivity contribution in [3.05, 3.63) is 72.6 Å². The number of aliphatic hydroxyl groups excluding tert-OH is 2. The number of unbranched alkanes of at least 4 members (excludes halogenated alkanes) is 2. The number of esters is 1. The molecule has 6 atom stereocenters. The van der Waals surface area contributed by atoms with E-state index in [0.29, 0.717) is 36.7 Å². The molecule has 0 amide bonds. The predicted molar refractivity (Wildman–Crippen MR) is 188 cm³/mol. The van der Waals surface area contributed by atoms with Crippen molar-refractivity contribution in [1.29, 1.82) is 0 Å². The molecule has 1 saturated carbocycles. The van der Waals surface area contributed by atoms with Crippen LogP contribution in [0.4, 0.5) is 0 Å². The maximum absolute atomic E-state index is 13.1. The zero-order valence-corrected chi connectivity index (χ0v) is 29.8. The molecule has 1 aromatic heterocycles. The molecule has 12 nitrogen and oxygen atoms in total. The average Bonchev–Trinajstić information content (AvgIpc) is 3.59. The predicted octanol–water partition coefficient (Wildman–Crippen LogP) is 5.93. The maximum Gasteiger partial charge on any atom is 0.358 e. The minimum Gasteiger partial charge on any atom is -0.490 e. The Balaban J connectivity index is 1.81. The highest BCUT2D eigenvalue weighted by molar-refractivity contribution is 6.02. The second-order valence-electron chi connectivity index (χ2n) is 14.1. The fourth-order valence-corrected chi connectivity index (χ4v) is 7.74. The van der Waals surface area contributed by atoms with Gasteiger partial charge in [0.05, 0.1) is 31.5 Å². The number of nitrogens with zero attached hydrogens (tertiary/aromatic N) is 4. The zero-order valence-electron chi connectivity index (χ0n) is 29.8. The van der Waals surface area contributed by atoms with Crippen molar-refractivity contribution in [3.63, 3.8) is 0 Å². The van der Waals surface area contributed by atoms with Gasteiger partial charge in [-0.05, 0) is 82.1 Å². The quantitative estimate of drug-likeness (QED) is 0.0885. The Labute approximate surface area is 294 Å². The first-order valence-corrected chi connectivity index (χ1v) is 17.6. The summed E-state index contributed by atoms with van der Waals surface area (Å²) >= 11 is 0. The molecule has 0 saturated heterocycles. The van der Waals surface area contributed by atoms with Crippen LogP contribution in [0.15, 0.2) is 66.5 Å². The summed E-state index contributed by atoms with van der Waals surface area (Å²) in [4.78, 5) is 19.2. The van der Waals surface area contributed by atoms with E-state index in [0.717, 1.165) is 36.8 Å². The van der Waals surface area contributed by atoms with Crippen molar-refractivity contribution in [2.75, 3.05) is 33.5 Å². The minimum atomic E-state index is -1.39. The van der Waals surface area contributed by atoms with E-state index in [-0.39, 0.29) is 49.7 Å². The maximum atomic E-state index is 13.1. The topological polar surface area (TPSA) is 147 Å². The van der Waals surface area contributed by atoms with Gasteiger partial charge in [-0.15, -0.1) is 11.7 Å². The van der Waals surface area contributed by atoms with Gasteiger partial charge in [-0.25, -0.2) is 9.48 Å². The van der Waals surface area contributed by atoms with Crippen LogP contribution in [0.25, 0.3) is 0 Å². The van der Waals surface area contributed by atoms with E-state index in [1.165, 1.54) is 18.0 Å². The normalized spacial score (nSPS) is 26.2. The van der Waals surface area contributed by atoms with Crippen LogP contribution < -0.4 is 9.47 Å². The van der Waals surface area contributed by atoms with Crippen LogP contribution in [0.3, 0.4) is 0 Å². The van der Waals surface area contributed by atoms with E-state index in [9.17, 15) is 15.0 Å². The fraction of sp³-hybridized carbons (Fsp3) is 0.579. The second-order valence-corrected chi connectivity index (χ2v) is 14.1. The molecule has 0 spiro atoms. The lowest BCUT2D eigenvalue weighted by Gasteiger charge is -2.58. The Bertz CT molecular complexity index is 1560. The molecule has 1 aliphatic heterocycles. The molecule has 272 valence electrons. The van der Waals surface area contributed by atoms with Gasteiger partial charge in [-0.3, -0.25) is 0 Å².